The van der Waals surface area contributed by atoms with Gasteiger partial charge in [-0.3, -0.25) is 14.4 Å². The minimum Gasteiger partial charge on any atom is -0.484 e. The fourth-order valence-electron chi connectivity index (χ4n) is 3.20. The Kier molecular flexibility index (Phi) is 7.54. The van der Waals surface area contributed by atoms with Crippen LogP contribution in [0.25, 0.3) is 0 Å². The van der Waals surface area contributed by atoms with Crippen LogP contribution in [-0.4, -0.2) is 45.2 Å². The van der Waals surface area contributed by atoms with Crippen molar-refractivity contribution in [2.24, 2.45) is 0 Å². The first-order valence-corrected chi connectivity index (χ1v) is 12.5. The first kappa shape index (κ1) is 25.9. The molecular formula is C22H25Cl2N3O6S. The van der Waals surface area contributed by atoms with E-state index in [-0.39, 0.29) is 45.4 Å². The molecule has 2 aromatic rings. The van der Waals surface area contributed by atoms with E-state index in [1.165, 1.54) is 37.3 Å². The number of carbonyl (C=O) groups is 2. The van der Waals surface area contributed by atoms with Crippen molar-refractivity contribution >= 4 is 56.6 Å². The van der Waals surface area contributed by atoms with Gasteiger partial charge in [0.1, 0.15) is 22.4 Å². The number of amides is 2. The average Bonchev–Trinajstić information content (AvgIpc) is 2.72. The number of nitrogens with zero attached hydrogens (tertiary/aromatic N) is 1. The predicted octanol–water partition coefficient (Wildman–Crippen LogP) is 4.43. The van der Waals surface area contributed by atoms with Crippen LogP contribution in [0, 0.1) is 0 Å². The molecule has 0 aromatic heterocycles. The Bertz CT molecular complexity index is 1210. The largest absolute Gasteiger partial charge is 0.484 e. The van der Waals surface area contributed by atoms with E-state index in [0.29, 0.717) is 5.69 Å². The molecule has 3 rings (SSSR count). The highest BCUT2D eigenvalue weighted by Crippen LogP contribution is 2.41. The zero-order valence-corrected chi connectivity index (χ0v) is 21.3. The Balaban J connectivity index is 2.02. The van der Waals surface area contributed by atoms with Crippen molar-refractivity contribution in [2.75, 3.05) is 22.7 Å². The molecule has 0 aliphatic carbocycles. The molecule has 1 atom stereocenters. The van der Waals surface area contributed by atoms with Crippen molar-refractivity contribution < 1.29 is 27.5 Å². The Morgan fingerprint density at radius 2 is 1.91 bits per heavy atom. The Labute approximate surface area is 208 Å². The zero-order valence-electron chi connectivity index (χ0n) is 19.0. The number of nitrogens with one attached hydrogen (secondary N) is 2. The van der Waals surface area contributed by atoms with Gasteiger partial charge in [-0.2, -0.15) is 0 Å². The molecule has 0 spiro atoms. The number of halogens is 2. The molecular weight excluding hydrogens is 505 g/mol. The van der Waals surface area contributed by atoms with E-state index in [9.17, 15) is 18.0 Å². The molecule has 2 aromatic carbocycles. The number of carbonyl (C=O) groups excluding carboxylic acids is 2. The van der Waals surface area contributed by atoms with Crippen molar-refractivity contribution in [1.29, 1.82) is 0 Å². The van der Waals surface area contributed by atoms with E-state index in [2.05, 4.69) is 10.6 Å². The lowest BCUT2D eigenvalue weighted by atomic mass is 10.2. The number of hydrogen-bond acceptors (Lipinski definition) is 6. The molecule has 184 valence electrons. The van der Waals surface area contributed by atoms with Gasteiger partial charge in [0.25, 0.3) is 10.0 Å². The smallest absolute Gasteiger partial charge is 0.412 e. The van der Waals surface area contributed by atoms with Gasteiger partial charge in [0.2, 0.25) is 5.91 Å². The lowest BCUT2D eigenvalue weighted by Crippen LogP contribution is -2.48. The lowest BCUT2D eigenvalue weighted by molar-refractivity contribution is -0.119. The van der Waals surface area contributed by atoms with Crippen molar-refractivity contribution in [3.05, 3.63) is 46.4 Å². The number of fused-ring (bicyclic) bond motifs is 1. The van der Waals surface area contributed by atoms with Crippen LogP contribution in [-0.2, 0) is 19.6 Å². The number of rotatable bonds is 5. The van der Waals surface area contributed by atoms with Crippen LogP contribution in [0.5, 0.6) is 5.75 Å². The van der Waals surface area contributed by atoms with Gasteiger partial charge in [0, 0.05) is 12.6 Å². The third kappa shape index (κ3) is 6.05. The molecule has 1 aliphatic rings. The van der Waals surface area contributed by atoms with Gasteiger partial charge in [-0.1, -0.05) is 29.3 Å². The zero-order chi connectivity index (χ0) is 25.3. The highest BCUT2D eigenvalue weighted by Gasteiger charge is 2.36. The lowest BCUT2D eigenvalue weighted by Gasteiger charge is -2.36. The second-order valence-corrected chi connectivity index (χ2v) is 11.2. The molecule has 1 aliphatic heterocycles. The maximum absolute atomic E-state index is 13.7. The quantitative estimate of drug-likeness (QED) is 0.591. The minimum absolute atomic E-state index is 0.0853. The molecule has 0 saturated heterocycles. The van der Waals surface area contributed by atoms with Crippen LogP contribution in [0.3, 0.4) is 0 Å². The summed E-state index contributed by atoms with van der Waals surface area (Å²) in [5.41, 5.74) is -0.227. The molecule has 0 unspecified atom stereocenters. The first-order valence-electron chi connectivity index (χ1n) is 10.3. The highest BCUT2D eigenvalue weighted by atomic mass is 35.5. The summed E-state index contributed by atoms with van der Waals surface area (Å²) in [7, 11) is -4.19. The SMILES string of the molecule is CC(=O)NC[C@H]1CN(S(=O)(=O)c2cccc(Cl)c2Cl)c2cc(NC(=O)OC(C)(C)C)ccc2O1. The molecule has 0 fully saturated rings. The molecule has 0 saturated carbocycles. The van der Waals surface area contributed by atoms with Crippen molar-refractivity contribution in [3.63, 3.8) is 0 Å². The van der Waals surface area contributed by atoms with Gasteiger partial charge in [0.05, 0.1) is 28.8 Å². The van der Waals surface area contributed by atoms with Gasteiger partial charge >= 0.3 is 6.09 Å². The molecule has 34 heavy (non-hydrogen) atoms. The van der Waals surface area contributed by atoms with E-state index in [1.807, 2.05) is 0 Å². The minimum atomic E-state index is -4.19. The summed E-state index contributed by atoms with van der Waals surface area (Å²) in [6.07, 6.45) is -1.37. The number of hydrogen-bond donors (Lipinski definition) is 2. The van der Waals surface area contributed by atoms with Gasteiger partial charge in [-0.25, -0.2) is 13.2 Å². The number of benzene rings is 2. The van der Waals surface area contributed by atoms with Gasteiger partial charge in [-0.05, 0) is 51.1 Å². The van der Waals surface area contributed by atoms with Crippen LogP contribution in [0.2, 0.25) is 10.0 Å². The average molecular weight is 530 g/mol. The molecule has 0 bridgehead atoms. The first-order chi connectivity index (χ1) is 15.8. The Morgan fingerprint density at radius 3 is 2.56 bits per heavy atom. The van der Waals surface area contributed by atoms with Crippen LogP contribution >= 0.6 is 23.2 Å². The molecule has 12 heteroatoms. The van der Waals surface area contributed by atoms with Crippen molar-refractivity contribution in [1.82, 2.24) is 5.32 Å². The normalized spacial score (nSPS) is 15.7. The van der Waals surface area contributed by atoms with Crippen LogP contribution < -0.4 is 19.7 Å². The van der Waals surface area contributed by atoms with Gasteiger partial charge in [-0.15, -0.1) is 0 Å². The second-order valence-electron chi connectivity index (χ2n) is 8.57. The summed E-state index contributed by atoms with van der Waals surface area (Å²) in [5, 5.41) is 5.20. The fourth-order valence-corrected chi connectivity index (χ4v) is 5.44. The third-order valence-corrected chi connectivity index (χ3v) is 7.35. The van der Waals surface area contributed by atoms with E-state index in [0.717, 1.165) is 4.31 Å². The summed E-state index contributed by atoms with van der Waals surface area (Å²) in [5.74, 6) is -0.0309. The van der Waals surface area contributed by atoms with E-state index < -0.39 is 27.8 Å². The molecule has 2 amide bonds. The summed E-state index contributed by atoms with van der Waals surface area (Å²) in [6, 6.07) is 8.87. The van der Waals surface area contributed by atoms with Crippen LogP contribution in [0.4, 0.5) is 16.2 Å². The monoisotopic (exact) mass is 529 g/mol. The van der Waals surface area contributed by atoms with E-state index in [1.54, 1.807) is 26.8 Å². The molecule has 0 radical (unpaired) electrons. The van der Waals surface area contributed by atoms with Crippen LogP contribution in [0.15, 0.2) is 41.3 Å². The fraction of sp³-hybridized carbons (Fsp3) is 0.364. The number of ether oxygens (including phenoxy) is 2. The summed E-state index contributed by atoms with van der Waals surface area (Å²) >= 11 is 12.3. The second kappa shape index (κ2) is 9.89. The summed E-state index contributed by atoms with van der Waals surface area (Å²) in [4.78, 5) is 23.4. The topological polar surface area (TPSA) is 114 Å². The summed E-state index contributed by atoms with van der Waals surface area (Å²) in [6.45, 7) is 6.50. The van der Waals surface area contributed by atoms with E-state index >= 15 is 0 Å². The molecule has 9 nitrogen and oxygen atoms in total. The maximum atomic E-state index is 13.7. The standard InChI is InChI=1S/C22H25Cl2N3O6S/c1-13(28)25-11-15-12-27(34(30,31)19-7-5-6-16(23)20(19)24)17-10-14(8-9-18(17)32-15)26-21(29)33-22(2,3)4/h5-10,15H,11-12H2,1-4H3,(H,25,28)(H,26,29)/t15-/m0/s1. The Morgan fingerprint density at radius 1 is 1.21 bits per heavy atom. The summed E-state index contributed by atoms with van der Waals surface area (Å²) < 4.78 is 39.6. The van der Waals surface area contributed by atoms with Crippen LogP contribution in [0.1, 0.15) is 27.7 Å². The number of anilines is 2. The van der Waals surface area contributed by atoms with Gasteiger partial charge in [0.15, 0.2) is 0 Å². The Hall–Kier alpha value is -2.69. The van der Waals surface area contributed by atoms with Crippen molar-refractivity contribution in [2.45, 2.75) is 44.3 Å². The molecule has 1 heterocycles. The third-order valence-electron chi connectivity index (χ3n) is 4.60. The molecule has 2 N–H and O–H groups in total. The maximum Gasteiger partial charge on any atom is 0.412 e. The number of sulfonamides is 1. The highest BCUT2D eigenvalue weighted by molar-refractivity contribution is 7.93. The predicted molar refractivity (Wildman–Crippen MR) is 130 cm³/mol. The van der Waals surface area contributed by atoms with Gasteiger partial charge < -0.3 is 14.8 Å². The van der Waals surface area contributed by atoms with Crippen molar-refractivity contribution in [3.8, 4) is 5.75 Å². The van der Waals surface area contributed by atoms with E-state index in [4.69, 9.17) is 32.7 Å².